The molecule has 6 rings (SSSR count). The molecule has 0 atom stereocenters. The lowest BCUT2D eigenvalue weighted by Gasteiger charge is -2.14. The average Bonchev–Trinajstić information content (AvgIpc) is 3.70. The Hall–Kier alpha value is -5.10. The number of furan rings is 1. The molecule has 0 aliphatic heterocycles. The van der Waals surface area contributed by atoms with Crippen LogP contribution in [0.25, 0.3) is 22.2 Å². The maximum Gasteiger partial charge on any atom is 0.146 e. The summed E-state index contributed by atoms with van der Waals surface area (Å²) in [5.74, 6) is 2.83. The second-order valence-electron chi connectivity index (χ2n) is 9.35. The Balaban J connectivity index is 1.19. The van der Waals surface area contributed by atoms with Crippen molar-refractivity contribution in [1.82, 2.24) is 20.3 Å². The summed E-state index contributed by atoms with van der Waals surface area (Å²) >= 11 is 6.53. The normalized spacial score (nSPS) is 10.9. The van der Waals surface area contributed by atoms with Gasteiger partial charge in [-0.3, -0.25) is 4.98 Å². The highest BCUT2D eigenvalue weighted by Crippen LogP contribution is 2.36. The number of ether oxygens (including phenoxy) is 1. The molecule has 202 valence electrons. The molecule has 8 nitrogen and oxygen atoms in total. The summed E-state index contributed by atoms with van der Waals surface area (Å²) in [7, 11) is 0. The van der Waals surface area contributed by atoms with Crippen LogP contribution in [0.5, 0.6) is 11.5 Å². The van der Waals surface area contributed by atoms with Gasteiger partial charge in [-0.15, -0.1) is 0 Å². The van der Waals surface area contributed by atoms with Gasteiger partial charge in [0, 0.05) is 47.7 Å². The minimum Gasteiger partial charge on any atom is -0.460 e. The largest absolute Gasteiger partial charge is 0.460 e. The molecule has 3 aromatic heterocycles. The third-order valence-corrected chi connectivity index (χ3v) is 6.83. The van der Waals surface area contributed by atoms with E-state index in [1.54, 1.807) is 24.7 Å². The van der Waals surface area contributed by atoms with E-state index in [2.05, 4.69) is 31.7 Å². The molecule has 0 spiro atoms. The maximum atomic E-state index is 9.79. The van der Waals surface area contributed by atoms with Crippen LogP contribution in [0.1, 0.15) is 17.0 Å². The maximum absolute atomic E-state index is 9.79. The van der Waals surface area contributed by atoms with Gasteiger partial charge in [0.25, 0.3) is 0 Å². The standard InChI is InChI=1S/C32H25ClN6O2/c33-28-15-23(7-10-31(28)40-25-4-2-1-3-5-25)39-32-22(16-34)17-37-29-14-21(6-9-27(29)32)30-11-8-26(41-30)19-35-13-12-24-18-36-20-38-24/h1-11,14-15,17-18,20,35H,12-13,19H2,(H,36,38)(H,37,39). The van der Waals surface area contributed by atoms with E-state index in [-0.39, 0.29) is 0 Å². The third-order valence-electron chi connectivity index (χ3n) is 6.53. The second kappa shape index (κ2) is 12.0. The first-order valence-corrected chi connectivity index (χ1v) is 13.4. The van der Waals surface area contributed by atoms with Crippen LogP contribution in [-0.2, 0) is 13.0 Å². The number of nitrogens with zero attached hydrogens (tertiary/aromatic N) is 3. The first-order valence-electron chi connectivity index (χ1n) is 13.1. The lowest BCUT2D eigenvalue weighted by molar-refractivity contribution is 0.483. The number of anilines is 2. The molecule has 0 saturated carbocycles. The van der Waals surface area contributed by atoms with Crippen molar-refractivity contribution in [2.45, 2.75) is 13.0 Å². The van der Waals surface area contributed by atoms with Gasteiger partial charge in [-0.25, -0.2) is 4.98 Å². The highest BCUT2D eigenvalue weighted by atomic mass is 35.5. The fraction of sp³-hybridized carbons (Fsp3) is 0.0938. The van der Waals surface area contributed by atoms with Crippen molar-refractivity contribution in [3.63, 3.8) is 0 Å². The molecular weight excluding hydrogens is 536 g/mol. The van der Waals surface area contributed by atoms with Crippen molar-refractivity contribution in [3.8, 4) is 28.9 Å². The van der Waals surface area contributed by atoms with Crippen LogP contribution in [0.3, 0.4) is 0 Å². The molecule has 9 heteroatoms. The van der Waals surface area contributed by atoms with Gasteiger partial charge < -0.3 is 24.8 Å². The zero-order valence-electron chi connectivity index (χ0n) is 21.9. The minimum absolute atomic E-state index is 0.424. The first-order chi connectivity index (χ1) is 20.2. The van der Waals surface area contributed by atoms with Gasteiger partial charge in [-0.05, 0) is 54.6 Å². The van der Waals surface area contributed by atoms with Crippen molar-refractivity contribution >= 4 is 33.9 Å². The second-order valence-corrected chi connectivity index (χ2v) is 9.75. The molecule has 3 aromatic carbocycles. The van der Waals surface area contributed by atoms with Gasteiger partial charge in [0.2, 0.25) is 0 Å². The Labute approximate surface area is 241 Å². The Morgan fingerprint density at radius 3 is 2.71 bits per heavy atom. The number of nitriles is 1. The summed E-state index contributed by atoms with van der Waals surface area (Å²) < 4.78 is 12.0. The van der Waals surface area contributed by atoms with E-state index in [1.807, 2.05) is 72.9 Å². The Morgan fingerprint density at radius 2 is 1.90 bits per heavy atom. The number of fused-ring (bicyclic) bond motifs is 1. The predicted octanol–water partition coefficient (Wildman–Crippen LogP) is 7.61. The monoisotopic (exact) mass is 560 g/mol. The van der Waals surface area contributed by atoms with Gasteiger partial charge >= 0.3 is 0 Å². The van der Waals surface area contributed by atoms with Crippen LogP contribution < -0.4 is 15.4 Å². The van der Waals surface area contributed by atoms with Crippen molar-refractivity contribution in [2.75, 3.05) is 11.9 Å². The Bertz CT molecular complexity index is 1830. The summed E-state index contributed by atoms with van der Waals surface area (Å²) in [4.78, 5) is 11.7. The number of aromatic amines is 1. The highest BCUT2D eigenvalue weighted by molar-refractivity contribution is 6.32. The molecule has 0 aliphatic rings. The third kappa shape index (κ3) is 6.07. The number of halogens is 1. The number of nitrogens with one attached hydrogen (secondary N) is 3. The molecule has 6 aromatic rings. The lowest BCUT2D eigenvalue weighted by atomic mass is 10.1. The number of H-pyrrole nitrogens is 1. The highest BCUT2D eigenvalue weighted by Gasteiger charge is 2.13. The fourth-order valence-corrected chi connectivity index (χ4v) is 4.69. The van der Waals surface area contributed by atoms with Crippen LogP contribution in [0.4, 0.5) is 11.4 Å². The van der Waals surface area contributed by atoms with E-state index in [9.17, 15) is 5.26 Å². The van der Waals surface area contributed by atoms with Crippen molar-refractivity contribution in [1.29, 1.82) is 5.26 Å². The molecule has 0 aliphatic carbocycles. The molecule has 3 heterocycles. The topological polar surface area (TPSA) is 112 Å². The summed E-state index contributed by atoms with van der Waals surface area (Å²) in [6.45, 7) is 1.43. The van der Waals surface area contributed by atoms with Crippen LogP contribution >= 0.6 is 11.6 Å². The van der Waals surface area contributed by atoms with E-state index in [4.69, 9.17) is 20.8 Å². The van der Waals surface area contributed by atoms with Gasteiger partial charge in [0.05, 0.1) is 34.7 Å². The summed E-state index contributed by atoms with van der Waals surface area (Å²) in [5, 5.41) is 17.8. The smallest absolute Gasteiger partial charge is 0.146 e. The van der Waals surface area contributed by atoms with Crippen LogP contribution in [0.15, 0.2) is 102 Å². The number of benzene rings is 3. The quantitative estimate of drug-likeness (QED) is 0.148. The number of aromatic nitrogens is 3. The molecule has 41 heavy (non-hydrogen) atoms. The molecule has 0 bridgehead atoms. The molecule has 0 saturated heterocycles. The number of pyridine rings is 1. The lowest BCUT2D eigenvalue weighted by Crippen LogP contribution is -2.16. The molecule has 3 N–H and O–H groups in total. The Morgan fingerprint density at radius 1 is 1.00 bits per heavy atom. The predicted molar refractivity (Wildman–Crippen MR) is 159 cm³/mol. The van der Waals surface area contributed by atoms with Crippen LogP contribution in [0, 0.1) is 11.3 Å². The molecule has 0 unspecified atom stereocenters. The van der Waals surface area contributed by atoms with Gasteiger partial charge in [-0.1, -0.05) is 35.9 Å². The fourth-order valence-electron chi connectivity index (χ4n) is 4.47. The summed E-state index contributed by atoms with van der Waals surface area (Å²) in [5.41, 5.74) is 4.52. The molecule has 0 amide bonds. The van der Waals surface area contributed by atoms with Crippen LogP contribution in [0.2, 0.25) is 5.02 Å². The van der Waals surface area contributed by atoms with Gasteiger partial charge in [0.1, 0.15) is 29.1 Å². The number of para-hydroxylation sites is 1. The number of imidazole rings is 1. The molecule has 0 fully saturated rings. The average molecular weight is 561 g/mol. The van der Waals surface area contributed by atoms with Crippen LogP contribution in [-0.4, -0.2) is 21.5 Å². The zero-order valence-corrected chi connectivity index (χ0v) is 22.7. The van der Waals surface area contributed by atoms with Crippen molar-refractivity contribution in [2.24, 2.45) is 0 Å². The summed E-state index contributed by atoms with van der Waals surface area (Å²) in [6, 6.07) is 26.9. The molecular formula is C32H25ClN6O2. The minimum atomic E-state index is 0.424. The van der Waals surface area contributed by atoms with E-state index < -0.39 is 0 Å². The van der Waals surface area contributed by atoms with Gasteiger partial charge in [0.15, 0.2) is 0 Å². The first kappa shape index (κ1) is 26.1. The Kier molecular flexibility index (Phi) is 7.63. The number of hydrogen-bond donors (Lipinski definition) is 3. The zero-order chi connectivity index (χ0) is 28.0. The van der Waals surface area contributed by atoms with E-state index in [1.165, 1.54) is 0 Å². The van der Waals surface area contributed by atoms with Crippen molar-refractivity contribution in [3.05, 3.63) is 120 Å². The SMILES string of the molecule is N#Cc1cnc2cc(-c3ccc(CNCCc4cnc[nH]4)o3)ccc2c1Nc1ccc(Oc2ccccc2)c(Cl)c1. The van der Waals surface area contributed by atoms with Crippen molar-refractivity contribution < 1.29 is 9.15 Å². The number of rotatable bonds is 10. The van der Waals surface area contributed by atoms with E-state index >= 15 is 0 Å². The van der Waals surface area contributed by atoms with E-state index in [0.717, 1.165) is 52.3 Å². The summed E-state index contributed by atoms with van der Waals surface area (Å²) in [6.07, 6.45) is 5.94. The molecule has 0 radical (unpaired) electrons. The van der Waals surface area contributed by atoms with E-state index in [0.29, 0.717) is 34.3 Å². The van der Waals surface area contributed by atoms with Gasteiger partial charge in [-0.2, -0.15) is 5.26 Å². The number of hydrogen-bond acceptors (Lipinski definition) is 7.